The summed E-state index contributed by atoms with van der Waals surface area (Å²) in [5.41, 5.74) is -0.793. The Labute approximate surface area is 54.8 Å². The quantitative estimate of drug-likeness (QED) is 0.436. The summed E-state index contributed by atoms with van der Waals surface area (Å²) in [7, 11) is 0. The molecule has 1 aromatic rings. The molecule has 5 heteroatoms. The van der Waals surface area contributed by atoms with Crippen molar-refractivity contribution in [3.8, 4) is 17.7 Å². The van der Waals surface area contributed by atoms with Gasteiger partial charge in [-0.1, -0.05) is 0 Å². The van der Waals surface area contributed by atoms with Gasteiger partial charge in [-0.2, -0.15) is 10.3 Å². The lowest BCUT2D eigenvalue weighted by molar-refractivity contribution is 0.382. The minimum atomic E-state index is -0.793. The van der Waals surface area contributed by atoms with E-state index < -0.39 is 16.9 Å². The van der Waals surface area contributed by atoms with Gasteiger partial charge in [-0.15, -0.1) is 0 Å². The van der Waals surface area contributed by atoms with Crippen LogP contribution in [0.25, 0.3) is 0 Å². The molecular formula is C5H2N2O3. The molecule has 0 aliphatic rings. The molecule has 0 unspecified atom stereocenters. The summed E-state index contributed by atoms with van der Waals surface area (Å²) < 4.78 is 0. The number of nitriles is 1. The zero-order valence-corrected chi connectivity index (χ0v) is 4.70. The molecule has 0 atom stereocenters. The Bertz CT molecular complexity index is 378. The third-order valence-corrected chi connectivity index (χ3v) is 1.04. The number of hydrogen-bond donors (Lipinski definition) is 2. The van der Waals surface area contributed by atoms with E-state index in [2.05, 4.69) is 4.99 Å². The van der Waals surface area contributed by atoms with Crippen LogP contribution in [0.2, 0.25) is 0 Å². The van der Waals surface area contributed by atoms with Crippen molar-refractivity contribution in [2.75, 3.05) is 0 Å². The van der Waals surface area contributed by atoms with Crippen molar-refractivity contribution in [1.82, 2.24) is 0 Å². The summed E-state index contributed by atoms with van der Waals surface area (Å²) >= 11 is 0. The van der Waals surface area contributed by atoms with Crippen LogP contribution in [0.4, 0.5) is 0 Å². The first kappa shape index (κ1) is 6.29. The van der Waals surface area contributed by atoms with Gasteiger partial charge in [0, 0.05) is 0 Å². The number of rotatable bonds is 0. The molecule has 5 nitrogen and oxygen atoms in total. The second kappa shape index (κ2) is 1.84. The Balaban J connectivity index is 3.40. The lowest BCUT2D eigenvalue weighted by atomic mass is 10.2. The summed E-state index contributed by atoms with van der Waals surface area (Å²) in [6.45, 7) is 0. The Hall–Kier alpha value is -1.83. The summed E-state index contributed by atoms with van der Waals surface area (Å²) in [5.74, 6) is -1.33. The van der Waals surface area contributed by atoms with Crippen molar-refractivity contribution < 1.29 is 10.2 Å². The van der Waals surface area contributed by atoms with Crippen LogP contribution in [0.5, 0.6) is 11.5 Å². The van der Waals surface area contributed by atoms with Gasteiger partial charge >= 0.3 is 0 Å². The van der Waals surface area contributed by atoms with E-state index in [1.807, 2.05) is 0 Å². The van der Waals surface area contributed by atoms with Crippen LogP contribution in [-0.4, -0.2) is 10.2 Å². The van der Waals surface area contributed by atoms with Gasteiger partial charge in [0.25, 0.3) is 5.43 Å². The average Bonchev–Trinajstić information content (AvgIpc) is 1.98. The molecule has 0 radical (unpaired) electrons. The molecule has 0 saturated carbocycles. The zero-order chi connectivity index (χ0) is 7.72. The van der Waals surface area contributed by atoms with Gasteiger partial charge in [0.05, 0.1) is 0 Å². The Kier molecular flexibility index (Phi) is 1.16. The average molecular weight is 138 g/mol. The molecule has 0 aromatic heterocycles. The molecule has 0 fully saturated rings. The van der Waals surface area contributed by atoms with Crippen molar-refractivity contribution in [3.05, 3.63) is 15.6 Å². The number of hydrogen-bond acceptors (Lipinski definition) is 5. The minimum absolute atomic E-state index is 0.375. The summed E-state index contributed by atoms with van der Waals surface area (Å²) in [6, 6.07) is 0. The van der Waals surface area contributed by atoms with E-state index in [-0.39, 0.29) is 5.36 Å². The Morgan fingerprint density at radius 1 is 1.40 bits per heavy atom. The lowest BCUT2D eigenvalue weighted by Crippen LogP contribution is -2.30. The highest BCUT2D eigenvalue weighted by atomic mass is 16.3. The molecule has 0 spiro atoms. The predicted molar refractivity (Wildman–Crippen MR) is 29.6 cm³/mol. The fourth-order valence-corrected chi connectivity index (χ4v) is 0.531. The van der Waals surface area contributed by atoms with Crippen LogP contribution in [0, 0.1) is 11.5 Å². The maximum Gasteiger partial charge on any atom is 0.254 e. The van der Waals surface area contributed by atoms with Gasteiger partial charge in [0.1, 0.15) is 0 Å². The number of aromatic hydroxyl groups is 2. The highest BCUT2D eigenvalue weighted by Gasteiger charge is 2.16. The van der Waals surface area contributed by atoms with Crippen molar-refractivity contribution in [2.45, 2.75) is 0 Å². The molecular weight excluding hydrogens is 136 g/mol. The third kappa shape index (κ3) is 0.559. The van der Waals surface area contributed by atoms with Crippen molar-refractivity contribution in [3.63, 3.8) is 0 Å². The molecule has 0 heterocycles. The fraction of sp³-hybridized carbons (Fsp3) is 0. The van der Waals surface area contributed by atoms with Crippen LogP contribution < -0.4 is 10.8 Å². The summed E-state index contributed by atoms with van der Waals surface area (Å²) in [5, 5.41) is 24.6. The van der Waals surface area contributed by atoms with Crippen LogP contribution in [0.1, 0.15) is 0 Å². The van der Waals surface area contributed by atoms with Crippen molar-refractivity contribution in [1.29, 1.82) is 5.26 Å². The van der Waals surface area contributed by atoms with Gasteiger partial charge in [-0.05, 0) is 0 Å². The van der Waals surface area contributed by atoms with Crippen LogP contribution >= 0.6 is 0 Å². The molecule has 1 rings (SSSR count). The van der Waals surface area contributed by atoms with Crippen molar-refractivity contribution in [2.24, 2.45) is 4.99 Å². The van der Waals surface area contributed by atoms with Gasteiger partial charge in [0.2, 0.25) is 11.9 Å². The van der Waals surface area contributed by atoms with E-state index >= 15 is 0 Å². The minimum Gasteiger partial charge on any atom is -0.503 e. The van der Waals surface area contributed by atoms with E-state index in [0.717, 1.165) is 0 Å². The molecule has 50 valence electrons. The molecule has 10 heavy (non-hydrogen) atoms. The first-order valence-corrected chi connectivity index (χ1v) is 2.32. The molecule has 0 aliphatic heterocycles. The first-order chi connectivity index (χ1) is 4.68. The molecule has 0 saturated heterocycles. The highest BCUT2D eigenvalue weighted by Crippen LogP contribution is 2.14. The van der Waals surface area contributed by atoms with E-state index in [0.29, 0.717) is 0 Å². The molecule has 2 N–H and O–H groups in total. The first-order valence-electron chi connectivity index (χ1n) is 2.32. The van der Waals surface area contributed by atoms with E-state index in [1.165, 1.54) is 6.19 Å². The molecule has 0 aliphatic carbocycles. The summed E-state index contributed by atoms with van der Waals surface area (Å²) in [6.07, 6.45) is 1.31. The maximum absolute atomic E-state index is 10.4. The maximum atomic E-state index is 10.4. The fourth-order valence-electron chi connectivity index (χ4n) is 0.531. The monoisotopic (exact) mass is 138 g/mol. The van der Waals surface area contributed by atoms with Crippen molar-refractivity contribution >= 4 is 0 Å². The van der Waals surface area contributed by atoms with Gasteiger partial charge in [-0.25, -0.2) is 0 Å². The second-order valence-corrected chi connectivity index (χ2v) is 1.59. The van der Waals surface area contributed by atoms with E-state index in [9.17, 15) is 4.79 Å². The van der Waals surface area contributed by atoms with E-state index in [4.69, 9.17) is 15.5 Å². The topological polar surface area (TPSA) is 93.7 Å². The Morgan fingerprint density at radius 2 is 2.00 bits per heavy atom. The zero-order valence-electron chi connectivity index (χ0n) is 4.70. The van der Waals surface area contributed by atoms with Gasteiger partial charge in [-0.3, -0.25) is 4.79 Å². The lowest BCUT2D eigenvalue weighted by Gasteiger charge is -1.96. The van der Waals surface area contributed by atoms with Crippen LogP contribution in [0.15, 0.2) is 9.79 Å². The largest absolute Gasteiger partial charge is 0.503 e. The normalized spacial score (nSPS) is 11.7. The van der Waals surface area contributed by atoms with Crippen LogP contribution in [0.3, 0.4) is 0 Å². The van der Waals surface area contributed by atoms with Gasteiger partial charge in [0.15, 0.2) is 11.1 Å². The third-order valence-electron chi connectivity index (χ3n) is 1.04. The van der Waals surface area contributed by atoms with E-state index in [1.54, 1.807) is 0 Å². The van der Waals surface area contributed by atoms with Crippen LogP contribution in [-0.2, 0) is 0 Å². The highest BCUT2D eigenvalue weighted by molar-refractivity contribution is 5.42. The second-order valence-electron chi connectivity index (χ2n) is 1.59. The molecule has 0 amide bonds. The molecule has 0 bridgehead atoms. The smallest absolute Gasteiger partial charge is 0.254 e. The SMILES string of the molecule is N#C/N=c1\c(O)c(O)c1=O. The standard InChI is InChI=1S/C5H2N2O3/c6-1-7-2-3(8)5(10)4(2)9/h8,10H/b7-2+. The number of nitrogens with zero attached hydrogens (tertiary/aromatic N) is 2. The molecule has 1 aromatic carbocycles. The predicted octanol–water partition coefficient (Wildman–Crippen LogP) is -1.28. The Morgan fingerprint density at radius 3 is 2.40 bits per heavy atom. The van der Waals surface area contributed by atoms with Gasteiger partial charge < -0.3 is 10.2 Å². The summed E-state index contributed by atoms with van der Waals surface area (Å²) in [4.78, 5) is 13.4.